The first-order valence-corrected chi connectivity index (χ1v) is 17.6. The second-order valence-corrected chi connectivity index (χ2v) is 14.1. The predicted molar refractivity (Wildman–Crippen MR) is 191 cm³/mol. The smallest absolute Gasteiger partial charge is 0.305 e. The van der Waals surface area contributed by atoms with E-state index >= 15 is 0 Å². The SMILES string of the molecule is CCN(c1c(C(=O)Nc2nc(-c3cc(OC)c(Cl)cc3OC)c(CCC3CCCCC3)s2)[nH]c2c(C)cc(C)cc12)C(C)CC(=O)O. The van der Waals surface area contributed by atoms with Crippen LogP contribution in [-0.2, 0) is 11.2 Å². The van der Waals surface area contributed by atoms with Crippen molar-refractivity contribution in [1.29, 1.82) is 0 Å². The molecule has 2 aromatic carbocycles. The van der Waals surface area contributed by atoms with E-state index in [0.29, 0.717) is 45.5 Å². The number of nitrogens with one attached hydrogen (secondary N) is 2. The predicted octanol–water partition coefficient (Wildman–Crippen LogP) is 9.03. The van der Waals surface area contributed by atoms with Crippen molar-refractivity contribution >= 4 is 56.5 Å². The lowest BCUT2D eigenvalue weighted by molar-refractivity contribution is -0.137. The molecule has 1 aliphatic rings. The van der Waals surface area contributed by atoms with Crippen molar-refractivity contribution in [3.8, 4) is 22.8 Å². The van der Waals surface area contributed by atoms with Gasteiger partial charge in [-0.3, -0.25) is 14.9 Å². The van der Waals surface area contributed by atoms with Gasteiger partial charge in [0.05, 0.1) is 42.6 Å². The number of ether oxygens (including phenoxy) is 2. The summed E-state index contributed by atoms with van der Waals surface area (Å²) in [5.74, 6) is 0.538. The van der Waals surface area contributed by atoms with E-state index in [4.69, 9.17) is 26.1 Å². The Morgan fingerprint density at radius 3 is 2.51 bits per heavy atom. The number of aromatic nitrogens is 2. The van der Waals surface area contributed by atoms with E-state index in [1.54, 1.807) is 20.3 Å². The molecule has 47 heavy (non-hydrogen) atoms. The minimum Gasteiger partial charge on any atom is -0.496 e. The van der Waals surface area contributed by atoms with Crippen LogP contribution in [-0.4, -0.2) is 53.8 Å². The molecule has 2 heterocycles. The lowest BCUT2D eigenvalue weighted by Gasteiger charge is -2.29. The van der Waals surface area contributed by atoms with Crippen LogP contribution in [0.1, 0.15) is 85.3 Å². The summed E-state index contributed by atoms with van der Waals surface area (Å²) in [5, 5.41) is 14.5. The molecule has 1 fully saturated rings. The molecular formula is C36H45ClN4O5S. The van der Waals surface area contributed by atoms with Crippen molar-refractivity contribution in [3.05, 3.63) is 51.0 Å². The molecule has 1 atom stereocenters. The fraction of sp³-hybridized carbons (Fsp3) is 0.472. The number of aliphatic carboxylic acids is 1. The molecule has 1 amide bonds. The molecule has 1 aliphatic carbocycles. The molecule has 9 nitrogen and oxygen atoms in total. The Balaban J connectivity index is 1.57. The normalized spacial score (nSPS) is 14.3. The molecule has 0 bridgehead atoms. The molecule has 0 spiro atoms. The maximum Gasteiger partial charge on any atom is 0.305 e. The molecule has 5 rings (SSSR count). The highest BCUT2D eigenvalue weighted by molar-refractivity contribution is 7.16. The number of thiazole rings is 1. The third-order valence-electron chi connectivity index (χ3n) is 9.23. The van der Waals surface area contributed by atoms with Gasteiger partial charge in [0.1, 0.15) is 17.2 Å². The Morgan fingerprint density at radius 2 is 1.85 bits per heavy atom. The maximum absolute atomic E-state index is 14.2. The van der Waals surface area contributed by atoms with E-state index in [1.165, 1.54) is 43.4 Å². The van der Waals surface area contributed by atoms with Gasteiger partial charge in [0.15, 0.2) is 5.13 Å². The number of benzene rings is 2. The average molecular weight is 681 g/mol. The van der Waals surface area contributed by atoms with Gasteiger partial charge in [-0.25, -0.2) is 4.98 Å². The van der Waals surface area contributed by atoms with Crippen molar-refractivity contribution in [2.24, 2.45) is 5.92 Å². The zero-order valence-electron chi connectivity index (χ0n) is 28.1. The number of carbonyl (C=O) groups excluding carboxylic acids is 1. The van der Waals surface area contributed by atoms with Crippen LogP contribution in [0.2, 0.25) is 5.02 Å². The molecule has 0 radical (unpaired) electrons. The Kier molecular flexibility index (Phi) is 11.0. The van der Waals surface area contributed by atoms with Crippen molar-refractivity contribution < 1.29 is 24.2 Å². The molecule has 252 valence electrons. The Labute approximate surface area is 285 Å². The van der Waals surface area contributed by atoms with Crippen LogP contribution in [0, 0.1) is 19.8 Å². The highest BCUT2D eigenvalue weighted by atomic mass is 35.5. The van der Waals surface area contributed by atoms with Crippen LogP contribution < -0.4 is 19.7 Å². The number of aromatic amines is 1. The number of carbonyl (C=O) groups is 2. The average Bonchev–Trinajstić information content (AvgIpc) is 3.62. The zero-order chi connectivity index (χ0) is 33.8. The third-order valence-corrected chi connectivity index (χ3v) is 10.6. The van der Waals surface area contributed by atoms with Crippen LogP contribution in [0.3, 0.4) is 0 Å². The van der Waals surface area contributed by atoms with E-state index in [0.717, 1.165) is 51.0 Å². The monoisotopic (exact) mass is 680 g/mol. The van der Waals surface area contributed by atoms with Gasteiger partial charge in [-0.15, -0.1) is 11.3 Å². The third kappa shape index (κ3) is 7.54. The van der Waals surface area contributed by atoms with Crippen molar-refractivity contribution in [1.82, 2.24) is 9.97 Å². The van der Waals surface area contributed by atoms with E-state index in [9.17, 15) is 14.7 Å². The van der Waals surface area contributed by atoms with E-state index < -0.39 is 5.97 Å². The number of rotatable bonds is 13. The number of carboxylic acids is 1. The summed E-state index contributed by atoms with van der Waals surface area (Å²) >= 11 is 7.92. The molecule has 0 aliphatic heterocycles. The lowest BCUT2D eigenvalue weighted by atomic mass is 9.86. The van der Waals surface area contributed by atoms with Gasteiger partial charge >= 0.3 is 5.97 Å². The maximum atomic E-state index is 14.2. The summed E-state index contributed by atoms with van der Waals surface area (Å²) in [7, 11) is 3.18. The summed E-state index contributed by atoms with van der Waals surface area (Å²) < 4.78 is 11.3. The minimum absolute atomic E-state index is 0.0566. The molecule has 0 saturated heterocycles. The first-order valence-electron chi connectivity index (χ1n) is 16.4. The summed E-state index contributed by atoms with van der Waals surface area (Å²) in [6, 6.07) is 7.36. The number of hydrogen-bond acceptors (Lipinski definition) is 7. The summed E-state index contributed by atoms with van der Waals surface area (Å²) in [6.45, 7) is 8.40. The van der Waals surface area contributed by atoms with Crippen LogP contribution in [0.15, 0.2) is 24.3 Å². The van der Waals surface area contributed by atoms with Gasteiger partial charge in [-0.05, 0) is 64.2 Å². The van der Waals surface area contributed by atoms with Gasteiger partial charge in [0, 0.05) is 34.5 Å². The number of anilines is 2. The van der Waals surface area contributed by atoms with E-state index in [-0.39, 0.29) is 18.4 Å². The van der Waals surface area contributed by atoms with Crippen molar-refractivity contribution in [2.75, 3.05) is 31.0 Å². The van der Waals surface area contributed by atoms with Gasteiger partial charge in [-0.2, -0.15) is 0 Å². The fourth-order valence-electron chi connectivity index (χ4n) is 6.96. The van der Waals surface area contributed by atoms with E-state index in [2.05, 4.69) is 16.4 Å². The largest absolute Gasteiger partial charge is 0.496 e. The summed E-state index contributed by atoms with van der Waals surface area (Å²) in [6.07, 6.45) is 8.16. The molecule has 1 saturated carbocycles. The Bertz CT molecular complexity index is 1760. The summed E-state index contributed by atoms with van der Waals surface area (Å²) in [4.78, 5) is 37.3. The number of methoxy groups -OCH3 is 2. The van der Waals surface area contributed by atoms with Crippen LogP contribution >= 0.6 is 22.9 Å². The number of carboxylic acid groups (broad SMARTS) is 1. The van der Waals surface area contributed by atoms with Gasteiger partial charge < -0.3 is 24.5 Å². The van der Waals surface area contributed by atoms with Crippen molar-refractivity contribution in [3.63, 3.8) is 0 Å². The highest BCUT2D eigenvalue weighted by Crippen LogP contribution is 2.43. The topological polar surface area (TPSA) is 117 Å². The number of fused-ring (bicyclic) bond motifs is 1. The number of amides is 1. The number of hydrogen-bond donors (Lipinski definition) is 3. The second kappa shape index (κ2) is 15.0. The number of H-pyrrole nitrogens is 1. The molecule has 11 heteroatoms. The first kappa shape index (κ1) is 34.6. The number of aryl methyl sites for hydroxylation is 3. The lowest BCUT2D eigenvalue weighted by Crippen LogP contribution is -2.35. The molecule has 4 aromatic rings. The van der Waals surface area contributed by atoms with Gasteiger partial charge in [-0.1, -0.05) is 55.3 Å². The summed E-state index contributed by atoms with van der Waals surface area (Å²) in [5.41, 5.74) is 5.47. The molecular weight excluding hydrogens is 636 g/mol. The van der Waals surface area contributed by atoms with E-state index in [1.807, 2.05) is 44.7 Å². The molecule has 3 N–H and O–H groups in total. The van der Waals surface area contributed by atoms with Crippen LogP contribution in [0.5, 0.6) is 11.5 Å². The van der Waals surface area contributed by atoms with Crippen LogP contribution in [0.25, 0.3) is 22.2 Å². The zero-order valence-corrected chi connectivity index (χ0v) is 29.7. The Hall–Kier alpha value is -3.76. The quantitative estimate of drug-likeness (QED) is 0.129. The van der Waals surface area contributed by atoms with Gasteiger partial charge in [0.2, 0.25) is 0 Å². The minimum atomic E-state index is -0.889. The number of nitrogens with zero attached hydrogens (tertiary/aromatic N) is 2. The molecule has 2 aromatic heterocycles. The molecule has 1 unspecified atom stereocenters. The standard InChI is InChI=1S/C36H45ClN4O5S/c1-7-41(22(4)17-30(42)43)34-25-16-20(2)15-21(3)31(25)38-33(34)35(44)40-36-39-32(24-18-28(46-6)26(37)19-27(24)45-5)29(47-36)14-13-23-11-9-8-10-12-23/h15-16,18-19,22-23,38H,7-14,17H2,1-6H3,(H,42,43)(H,39,40,44). The van der Waals surface area contributed by atoms with Gasteiger partial charge in [0.25, 0.3) is 5.91 Å². The Morgan fingerprint density at radius 1 is 1.13 bits per heavy atom. The second-order valence-electron chi connectivity index (χ2n) is 12.6. The number of halogens is 1. The highest BCUT2D eigenvalue weighted by Gasteiger charge is 2.28. The van der Waals surface area contributed by atoms with Crippen LogP contribution in [0.4, 0.5) is 10.8 Å². The first-order chi connectivity index (χ1) is 22.5. The fourth-order valence-corrected chi connectivity index (χ4v) is 8.17. The van der Waals surface area contributed by atoms with Crippen molar-refractivity contribution in [2.45, 2.75) is 85.1 Å².